The van der Waals surface area contributed by atoms with Crippen LogP contribution in [0.2, 0.25) is 0 Å². The molecule has 0 fully saturated rings. The van der Waals surface area contributed by atoms with E-state index in [1.807, 2.05) is 0 Å². The molecule has 0 bridgehead atoms. The average Bonchev–Trinajstić information content (AvgIpc) is 1.52. The van der Waals surface area contributed by atoms with Gasteiger partial charge in [0, 0.05) is 54.2 Å². The van der Waals surface area contributed by atoms with Crippen LogP contribution in [0.4, 0.5) is 0 Å². The van der Waals surface area contributed by atoms with Gasteiger partial charge in [-0.3, -0.25) is 0 Å². The summed E-state index contributed by atoms with van der Waals surface area (Å²) >= 11 is 0. The third kappa shape index (κ3) is 10.3. The Bertz CT molecular complexity index is 4020. The van der Waals surface area contributed by atoms with E-state index in [9.17, 15) is 23.1 Å². The van der Waals surface area contributed by atoms with Crippen LogP contribution >= 0.6 is 0 Å². The van der Waals surface area contributed by atoms with Gasteiger partial charge in [-0.2, -0.15) is 5.26 Å². The monoisotopic (exact) mass is 1090 g/mol. The number of rotatable bonds is 15. The van der Waals surface area contributed by atoms with Crippen LogP contribution in [-0.2, 0) is 58.3 Å². The molecule has 0 saturated heterocycles. The van der Waals surface area contributed by atoms with Gasteiger partial charge in [0.25, 0.3) is 0 Å². The molecular weight excluding hydrogens is 1010 g/mol. The Morgan fingerprint density at radius 2 is 1.07 bits per heavy atom. The molecule has 0 unspecified atom stereocenters. The first-order valence-electron chi connectivity index (χ1n) is 31.1. The second-order valence-electron chi connectivity index (χ2n) is 16.5. The molecule has 0 spiro atoms. The molecule has 6 heteroatoms. The van der Waals surface area contributed by atoms with Crippen LogP contribution in [0, 0.1) is 36.4 Å². The van der Waals surface area contributed by atoms with Crippen molar-refractivity contribution >= 4 is 21.9 Å². The van der Waals surface area contributed by atoms with Crippen molar-refractivity contribution < 1.29 is 50.6 Å². The van der Waals surface area contributed by atoms with Gasteiger partial charge in [0.05, 0.1) is 18.6 Å². The number of aromatic nitrogens is 3. The fourth-order valence-corrected chi connectivity index (χ4v) is 7.72. The van der Waals surface area contributed by atoms with Gasteiger partial charge in [-0.05, 0) is 136 Å². The molecule has 0 aliphatic heterocycles. The molecule has 0 atom stereocenters. The number of benzene rings is 5. The summed E-state index contributed by atoms with van der Waals surface area (Å²) in [5, 5.41) is 10.4. The predicted octanol–water partition coefficient (Wildman–Crippen LogP) is 15.1. The zero-order valence-corrected chi connectivity index (χ0v) is 40.5. The van der Waals surface area contributed by atoms with E-state index in [0.717, 1.165) is 36.8 Å². The summed E-state index contributed by atoms with van der Waals surface area (Å²) in [5.41, 5.74) is -3.17. The molecule has 0 amide bonds. The number of furan rings is 1. The van der Waals surface area contributed by atoms with E-state index >= 15 is 0 Å². The van der Waals surface area contributed by atoms with Crippen molar-refractivity contribution in [2.24, 2.45) is 0 Å². The Labute approximate surface area is 442 Å². The van der Waals surface area contributed by atoms with E-state index in [1.54, 1.807) is 60.7 Å². The minimum atomic E-state index is -3.43. The Morgan fingerprint density at radius 3 is 1.51 bits per heavy atom. The number of nitrogens with zero attached hydrogens (tertiary/aromatic N) is 4. The Kier molecular flexibility index (Phi) is 9.16. The molecular formula is C62H57IrN4O. The molecule has 0 saturated carbocycles. The van der Waals surface area contributed by atoms with E-state index < -0.39 is 107 Å². The SMILES string of the molecule is [2H]c1cc2c(oc3c(-c4cc(C([2H])(C)C)c(C([2H])([2H])C([2H])([2H])c5cc(C([2H])([2H])C([2H])([2H])c6cnc(-c7[c-]cccc7)cc6C([2H])(C)C)cc(C([2H])([2H])C([2H])([2H])c6cnc(-c7[c-]cccc7)cc6C([2H])(C)C)c5)cn4)[c-]ccc32)c(C([2H])([2H])[2H])c1C#N.[Ir+3]. The minimum Gasteiger partial charge on any atom is -0.500 e. The van der Waals surface area contributed by atoms with Crippen LogP contribution in [0.3, 0.4) is 0 Å². The Morgan fingerprint density at radius 1 is 0.603 bits per heavy atom. The first kappa shape index (κ1) is 29.4. The molecule has 5 aromatic carbocycles. The van der Waals surface area contributed by atoms with Crippen molar-refractivity contribution in [3.8, 4) is 39.8 Å². The maximum atomic E-state index is 9.92. The van der Waals surface area contributed by atoms with Gasteiger partial charge in [0.15, 0.2) is 0 Å². The minimum absolute atomic E-state index is 0. The number of fused-ring (bicyclic) bond motifs is 3. The summed E-state index contributed by atoms with van der Waals surface area (Å²) in [5.74, 6) is -4.99. The quantitative estimate of drug-likeness (QED) is 0.0956. The van der Waals surface area contributed by atoms with Gasteiger partial charge >= 0.3 is 20.1 Å². The van der Waals surface area contributed by atoms with Gasteiger partial charge in [0.1, 0.15) is 5.58 Å². The standard InChI is InChI=1S/C62H57N4O.Ir/c1-39(2)55-32-58(46-15-10-8-11-16-46)64-36-49(55)24-21-43-29-44(22-25-50-37-65-59(33-56(50)40(3)4)47-17-12-9-13-18-47)31-45(30-43)23-26-51-38-66-60(34-57(51)41(5)6)54-20-14-19-52-53-28-27-48(35-63)42(7)61(53)67-62(52)54;/h8-15,17,19,27-34,36-41H,21-26H2,1-7H3;/q-3;+3/i7D3,21D2,22D2,23D2,24D2,25D2,26D2,27D,39D,40D,41D;. The largest absolute Gasteiger partial charge is 3.00 e. The van der Waals surface area contributed by atoms with Crippen molar-refractivity contribution in [1.82, 2.24) is 15.0 Å². The number of hydrogen-bond acceptors (Lipinski definition) is 5. The van der Waals surface area contributed by atoms with Gasteiger partial charge < -0.3 is 19.4 Å². The van der Waals surface area contributed by atoms with Crippen LogP contribution in [-0.4, -0.2) is 15.0 Å². The summed E-state index contributed by atoms with van der Waals surface area (Å²) in [7, 11) is 0. The van der Waals surface area contributed by atoms with Crippen molar-refractivity contribution in [3.63, 3.8) is 0 Å². The van der Waals surface area contributed by atoms with Gasteiger partial charge in [0.2, 0.25) is 0 Å². The zero-order chi connectivity index (χ0) is 63.5. The maximum Gasteiger partial charge on any atom is 3.00 e. The summed E-state index contributed by atoms with van der Waals surface area (Å²) in [6, 6.07) is 35.2. The van der Waals surface area contributed by atoms with Crippen LogP contribution in [0.1, 0.15) is 146 Å². The fraction of sp³-hybridized carbons (Fsp3) is 0.258. The molecule has 9 rings (SSSR count). The maximum absolute atomic E-state index is 9.92. The third-order valence-electron chi connectivity index (χ3n) is 11.1. The number of hydrogen-bond donors (Lipinski definition) is 0. The van der Waals surface area contributed by atoms with Crippen molar-refractivity contribution in [2.45, 2.75) is 104 Å². The van der Waals surface area contributed by atoms with Crippen LogP contribution in [0.15, 0.2) is 132 Å². The molecule has 4 aromatic heterocycles. The first-order chi connectivity index (χ1) is 39.6. The fourth-order valence-electron chi connectivity index (χ4n) is 7.72. The topological polar surface area (TPSA) is 75.6 Å². The zero-order valence-electron chi connectivity index (χ0n) is 57.1. The molecule has 0 aliphatic carbocycles. The molecule has 0 aliphatic rings. The summed E-state index contributed by atoms with van der Waals surface area (Å²) in [6.07, 6.45) is -16.7. The van der Waals surface area contributed by atoms with Crippen LogP contribution in [0.5, 0.6) is 0 Å². The number of nitriles is 1. The molecule has 4 heterocycles. The van der Waals surface area contributed by atoms with Crippen molar-refractivity contribution in [1.29, 1.82) is 5.26 Å². The second kappa shape index (κ2) is 21.2. The first-order valence-corrected chi connectivity index (χ1v) is 21.6. The molecule has 0 radical (unpaired) electrons. The van der Waals surface area contributed by atoms with Crippen molar-refractivity contribution in [2.75, 3.05) is 0 Å². The summed E-state index contributed by atoms with van der Waals surface area (Å²) in [4.78, 5) is 13.5. The molecule has 0 N–H and O–H groups in total. The molecule has 9 aromatic rings. The summed E-state index contributed by atoms with van der Waals surface area (Å²) in [6.45, 7) is 5.79. The van der Waals surface area contributed by atoms with Gasteiger partial charge in [-0.15, -0.1) is 90.0 Å². The van der Waals surface area contributed by atoms with Crippen LogP contribution in [0.25, 0.3) is 55.7 Å². The van der Waals surface area contributed by atoms with Gasteiger partial charge in [-0.25, -0.2) is 0 Å². The normalized spacial score (nSPS) is 17.5. The molecule has 68 heavy (non-hydrogen) atoms. The van der Waals surface area contributed by atoms with E-state index in [4.69, 9.17) is 12.6 Å². The van der Waals surface area contributed by atoms with Crippen molar-refractivity contribution in [3.05, 3.63) is 207 Å². The summed E-state index contributed by atoms with van der Waals surface area (Å²) < 4.78 is 185. The van der Waals surface area contributed by atoms with E-state index in [-0.39, 0.29) is 70.6 Å². The van der Waals surface area contributed by atoms with E-state index in [1.165, 1.54) is 71.9 Å². The Hall–Kier alpha value is -6.51. The molecule has 5 nitrogen and oxygen atoms in total. The average molecular weight is 1090 g/mol. The third-order valence-corrected chi connectivity index (χ3v) is 11.1. The number of pyridine rings is 3. The van der Waals surface area contributed by atoms with Crippen LogP contribution < -0.4 is 0 Å². The van der Waals surface area contributed by atoms with E-state index in [2.05, 4.69) is 33.2 Å². The Balaban J connectivity index is 0.00000982. The number of aryl methyl sites for hydroxylation is 7. The van der Waals surface area contributed by atoms with E-state index in [0.29, 0.717) is 27.9 Å². The predicted molar refractivity (Wildman–Crippen MR) is 273 cm³/mol. The molecule has 340 valence electrons. The van der Waals surface area contributed by atoms with Gasteiger partial charge in [-0.1, -0.05) is 95.0 Å². The smallest absolute Gasteiger partial charge is 0.500 e. The second-order valence-corrected chi connectivity index (χ2v) is 16.5.